The number of halogens is 1. The number of benzene rings is 1. The van der Waals surface area contributed by atoms with E-state index in [1.165, 1.54) is 37.5 Å². The first-order valence-electron chi connectivity index (χ1n) is 8.81. The van der Waals surface area contributed by atoms with Crippen LogP contribution in [0.4, 0.5) is 10.1 Å². The Morgan fingerprint density at radius 3 is 2.67 bits per heavy atom. The lowest BCUT2D eigenvalue weighted by Gasteiger charge is -2.31. The summed E-state index contributed by atoms with van der Waals surface area (Å²) in [6.45, 7) is 9.25. The fourth-order valence-electron chi connectivity index (χ4n) is 2.88. The second kappa shape index (κ2) is 7.86. The highest BCUT2D eigenvalue weighted by atomic mass is 19.1. The lowest BCUT2D eigenvalue weighted by atomic mass is 9.86. The number of phenols is 1. The monoisotopic (exact) mass is 335 g/mol. The third-order valence-corrected chi connectivity index (χ3v) is 4.36. The molecule has 1 saturated carbocycles. The van der Waals surface area contributed by atoms with E-state index in [9.17, 15) is 9.50 Å². The van der Waals surface area contributed by atoms with Crippen LogP contribution in [-0.2, 0) is 0 Å². The van der Waals surface area contributed by atoms with Gasteiger partial charge in [0.2, 0.25) is 0 Å². The first-order valence-corrected chi connectivity index (χ1v) is 8.81. The van der Waals surface area contributed by atoms with Crippen LogP contribution in [0.2, 0.25) is 0 Å². The predicted octanol–water partition coefficient (Wildman–Crippen LogP) is 4.51. The molecule has 2 rings (SSSR count). The lowest BCUT2D eigenvalue weighted by Crippen LogP contribution is -2.44. The standard InChI is InChI=1S/C19H30FN3O/c1-13-7-5-6-8-15(13)22-18(21-12-19(2,3)4)23-16-11-14(20)9-10-17(16)24/h9-11,13,15,24H,5-8,12H2,1-4H3,(H2,21,22,23). The van der Waals surface area contributed by atoms with Gasteiger partial charge < -0.3 is 15.7 Å². The van der Waals surface area contributed by atoms with Crippen molar-refractivity contribution in [1.29, 1.82) is 0 Å². The Bertz CT molecular complexity index is 580. The molecule has 0 radical (unpaired) electrons. The van der Waals surface area contributed by atoms with Crippen LogP contribution < -0.4 is 10.6 Å². The minimum absolute atomic E-state index is 0.0124. The van der Waals surface area contributed by atoms with E-state index in [1.54, 1.807) is 0 Å². The fraction of sp³-hybridized carbons (Fsp3) is 0.632. The molecule has 1 aromatic carbocycles. The van der Waals surface area contributed by atoms with Gasteiger partial charge in [-0.25, -0.2) is 4.39 Å². The second-order valence-electron chi connectivity index (χ2n) is 8.02. The topological polar surface area (TPSA) is 56.7 Å². The second-order valence-corrected chi connectivity index (χ2v) is 8.02. The van der Waals surface area contributed by atoms with Gasteiger partial charge in [-0.1, -0.05) is 40.5 Å². The first kappa shape index (κ1) is 18.6. The van der Waals surface area contributed by atoms with Crippen molar-refractivity contribution in [3.63, 3.8) is 0 Å². The van der Waals surface area contributed by atoms with Crippen LogP contribution in [0.25, 0.3) is 0 Å². The van der Waals surface area contributed by atoms with Crippen LogP contribution in [0, 0.1) is 17.2 Å². The molecule has 0 bridgehead atoms. The minimum atomic E-state index is -0.392. The lowest BCUT2D eigenvalue weighted by molar-refractivity contribution is 0.308. The molecule has 4 nitrogen and oxygen atoms in total. The van der Waals surface area contributed by atoms with Gasteiger partial charge >= 0.3 is 0 Å². The smallest absolute Gasteiger partial charge is 0.196 e. The minimum Gasteiger partial charge on any atom is -0.506 e. The van der Waals surface area contributed by atoms with E-state index >= 15 is 0 Å². The van der Waals surface area contributed by atoms with Gasteiger partial charge in [-0.05, 0) is 36.3 Å². The van der Waals surface area contributed by atoms with Gasteiger partial charge in [-0.2, -0.15) is 0 Å². The molecule has 134 valence electrons. The van der Waals surface area contributed by atoms with Crippen LogP contribution in [0.1, 0.15) is 53.4 Å². The highest BCUT2D eigenvalue weighted by molar-refractivity contribution is 5.95. The summed E-state index contributed by atoms with van der Waals surface area (Å²) < 4.78 is 13.5. The maximum absolute atomic E-state index is 13.5. The molecule has 0 aromatic heterocycles. The number of anilines is 1. The van der Waals surface area contributed by atoms with Crippen LogP contribution in [-0.4, -0.2) is 23.7 Å². The SMILES string of the molecule is CC1CCCCC1NC(=NCC(C)(C)C)Nc1cc(F)ccc1O. The molecule has 2 unspecified atom stereocenters. The van der Waals surface area contributed by atoms with Gasteiger partial charge in [-0.3, -0.25) is 4.99 Å². The molecule has 1 aromatic rings. The summed E-state index contributed by atoms with van der Waals surface area (Å²) in [6, 6.07) is 4.22. The van der Waals surface area contributed by atoms with Gasteiger partial charge in [0.15, 0.2) is 5.96 Å². The van der Waals surface area contributed by atoms with E-state index < -0.39 is 5.82 Å². The Hall–Kier alpha value is -1.78. The van der Waals surface area contributed by atoms with Gasteiger partial charge in [0.1, 0.15) is 11.6 Å². The maximum Gasteiger partial charge on any atom is 0.196 e. The van der Waals surface area contributed by atoms with Gasteiger partial charge in [0.05, 0.1) is 5.69 Å². The maximum atomic E-state index is 13.5. The summed E-state index contributed by atoms with van der Waals surface area (Å²) >= 11 is 0. The van der Waals surface area contributed by atoms with Crippen LogP contribution >= 0.6 is 0 Å². The van der Waals surface area contributed by atoms with Crippen molar-refractivity contribution in [2.45, 2.75) is 59.4 Å². The molecular weight excluding hydrogens is 305 g/mol. The summed E-state index contributed by atoms with van der Waals surface area (Å²) in [5.74, 6) is 0.793. The largest absolute Gasteiger partial charge is 0.506 e. The van der Waals surface area contributed by atoms with E-state index in [0.717, 1.165) is 6.42 Å². The highest BCUT2D eigenvalue weighted by Crippen LogP contribution is 2.26. The van der Waals surface area contributed by atoms with Crippen LogP contribution in [0.15, 0.2) is 23.2 Å². The number of aromatic hydroxyl groups is 1. The molecule has 2 atom stereocenters. The number of aliphatic imine (C=N–C) groups is 1. The average molecular weight is 335 g/mol. The van der Waals surface area contributed by atoms with Gasteiger partial charge in [0.25, 0.3) is 0 Å². The molecular formula is C19H30FN3O. The quantitative estimate of drug-likeness (QED) is 0.433. The van der Waals surface area contributed by atoms with Crippen molar-refractivity contribution in [3.05, 3.63) is 24.0 Å². The van der Waals surface area contributed by atoms with Gasteiger partial charge in [-0.15, -0.1) is 0 Å². The normalized spacial score (nSPS) is 22.3. The third kappa shape index (κ3) is 5.69. The molecule has 1 aliphatic carbocycles. The fourth-order valence-corrected chi connectivity index (χ4v) is 2.88. The number of rotatable bonds is 3. The Kier molecular flexibility index (Phi) is 6.08. The van der Waals surface area contributed by atoms with Crippen molar-refractivity contribution in [2.75, 3.05) is 11.9 Å². The molecule has 0 saturated heterocycles. The number of hydrogen-bond donors (Lipinski definition) is 3. The summed E-state index contributed by atoms with van der Waals surface area (Å²) in [6.07, 6.45) is 4.79. The first-order chi connectivity index (χ1) is 11.2. The van der Waals surface area contributed by atoms with Crippen LogP contribution in [0.3, 0.4) is 0 Å². The molecule has 24 heavy (non-hydrogen) atoms. The summed E-state index contributed by atoms with van der Waals surface area (Å²) in [5, 5.41) is 16.5. The molecule has 1 aliphatic rings. The number of nitrogens with zero attached hydrogens (tertiary/aromatic N) is 1. The van der Waals surface area contributed by atoms with E-state index in [4.69, 9.17) is 0 Å². The molecule has 5 heteroatoms. The molecule has 1 fully saturated rings. The van der Waals surface area contributed by atoms with Crippen molar-refractivity contribution in [2.24, 2.45) is 16.3 Å². The van der Waals surface area contributed by atoms with Crippen LogP contribution in [0.5, 0.6) is 5.75 Å². The number of nitrogens with one attached hydrogen (secondary N) is 2. The van der Waals surface area contributed by atoms with E-state index in [2.05, 4.69) is 43.3 Å². The molecule has 3 N–H and O–H groups in total. The molecule has 0 amide bonds. The zero-order valence-corrected chi connectivity index (χ0v) is 15.2. The Labute approximate surface area is 144 Å². The Morgan fingerprint density at radius 2 is 2.00 bits per heavy atom. The number of hydrogen-bond acceptors (Lipinski definition) is 2. The zero-order valence-electron chi connectivity index (χ0n) is 15.2. The molecule has 0 heterocycles. The zero-order chi connectivity index (χ0) is 17.7. The van der Waals surface area contributed by atoms with Crippen molar-refractivity contribution in [1.82, 2.24) is 5.32 Å². The number of phenolic OH excluding ortho intramolecular Hbond substituents is 1. The summed E-state index contributed by atoms with van der Waals surface area (Å²) in [5.41, 5.74) is 0.384. The van der Waals surface area contributed by atoms with Gasteiger partial charge in [0, 0.05) is 18.7 Å². The Balaban J connectivity index is 2.17. The number of guanidine groups is 1. The Morgan fingerprint density at radius 1 is 1.29 bits per heavy atom. The van der Waals surface area contributed by atoms with Crippen molar-refractivity contribution in [3.8, 4) is 5.75 Å². The van der Waals surface area contributed by atoms with Crippen molar-refractivity contribution >= 4 is 11.6 Å². The van der Waals surface area contributed by atoms with Crippen molar-refractivity contribution < 1.29 is 9.50 Å². The third-order valence-electron chi connectivity index (χ3n) is 4.36. The average Bonchev–Trinajstić information content (AvgIpc) is 2.50. The van der Waals surface area contributed by atoms with E-state index in [1.807, 2.05) is 0 Å². The van der Waals surface area contributed by atoms with E-state index in [-0.39, 0.29) is 11.2 Å². The molecule has 0 aliphatic heterocycles. The molecule has 0 spiro atoms. The predicted molar refractivity (Wildman–Crippen MR) is 98.0 cm³/mol. The summed E-state index contributed by atoms with van der Waals surface area (Å²) in [7, 11) is 0. The van der Waals surface area contributed by atoms with E-state index in [0.29, 0.717) is 30.2 Å². The summed E-state index contributed by atoms with van der Waals surface area (Å²) in [4.78, 5) is 4.65. The highest BCUT2D eigenvalue weighted by Gasteiger charge is 2.23.